The fourth-order valence-corrected chi connectivity index (χ4v) is 0.333. The summed E-state index contributed by atoms with van der Waals surface area (Å²) in [5.74, 6) is 1.77. The molecule has 0 aromatic carbocycles. The third kappa shape index (κ3) is 188. The molecular formula is C40H108O2. The Bertz CT molecular complexity index is 269. The summed E-state index contributed by atoms with van der Waals surface area (Å²) in [6.45, 7) is 39.5. The highest BCUT2D eigenvalue weighted by Gasteiger charge is 2.03. The first-order chi connectivity index (χ1) is 15.3. The summed E-state index contributed by atoms with van der Waals surface area (Å²) >= 11 is 0. The van der Waals surface area contributed by atoms with Crippen molar-refractivity contribution >= 4 is 0 Å². The molecule has 42 heavy (non-hydrogen) atoms. The molecule has 0 rings (SSSR count). The van der Waals surface area contributed by atoms with Crippen molar-refractivity contribution in [2.24, 2.45) is 22.7 Å². The first-order valence-corrected chi connectivity index (χ1v) is 14.3. The maximum Gasteiger partial charge on any atom is 0.0540 e. The Hall–Kier alpha value is -0.0800. The lowest BCUT2D eigenvalue weighted by Gasteiger charge is -2.12. The lowest BCUT2D eigenvalue weighted by atomic mass is 9.94. The highest BCUT2D eigenvalue weighted by Crippen LogP contribution is 2.16. The minimum Gasteiger partial charge on any atom is -0.382 e. The Morgan fingerprint density at radius 2 is 0.500 bits per heavy atom. The van der Waals surface area contributed by atoms with Crippen LogP contribution in [0.4, 0.5) is 0 Å². The standard InChI is InChI=1S/2C6H14.2C5H12O.2C5H12.8CH4/c2*1-5-6(2,3)4;2*1-4-5(2)6-3;2*1-4-5(2)3;;;;;;;;/h2*5H2,1-4H3;2*5H,4H2,1-3H3;2*5H,4H2,1-3H3;8*1H4. The van der Waals surface area contributed by atoms with Crippen LogP contribution < -0.4 is 0 Å². The molecule has 0 amide bonds. The average Bonchev–Trinajstić information content (AvgIpc) is 2.78. The van der Waals surface area contributed by atoms with Crippen LogP contribution in [0.5, 0.6) is 0 Å². The van der Waals surface area contributed by atoms with Gasteiger partial charge in [0.25, 0.3) is 0 Å². The van der Waals surface area contributed by atoms with Crippen molar-refractivity contribution < 1.29 is 9.47 Å². The molecule has 0 aromatic rings. The van der Waals surface area contributed by atoms with Crippen molar-refractivity contribution in [3.05, 3.63) is 0 Å². The predicted molar refractivity (Wildman–Crippen MR) is 217 cm³/mol. The number of methoxy groups -OCH3 is 2. The van der Waals surface area contributed by atoms with Crippen LogP contribution in [-0.2, 0) is 9.47 Å². The summed E-state index contributed by atoms with van der Waals surface area (Å²) in [5, 5.41) is 0. The van der Waals surface area contributed by atoms with Crippen LogP contribution >= 0.6 is 0 Å². The SMILES string of the molecule is C.C.C.C.C.C.C.C.CCC(C)(C)C.CCC(C)(C)C.CCC(C)C.CCC(C)C.CCC(C)OC.CCC(C)OC. The third-order valence-corrected chi connectivity index (χ3v) is 5.71. The average molecular weight is 621 g/mol. The molecule has 0 spiro atoms. The summed E-state index contributed by atoms with van der Waals surface area (Å²) < 4.78 is 9.80. The van der Waals surface area contributed by atoms with Gasteiger partial charge in [-0.3, -0.25) is 0 Å². The second-order valence-electron chi connectivity index (χ2n) is 12.3. The van der Waals surface area contributed by atoms with Gasteiger partial charge in [-0.15, -0.1) is 0 Å². The van der Waals surface area contributed by atoms with Crippen molar-refractivity contribution in [1.82, 2.24) is 0 Å². The minimum atomic E-state index is 0. The van der Waals surface area contributed by atoms with Crippen molar-refractivity contribution in [3.63, 3.8) is 0 Å². The van der Waals surface area contributed by atoms with E-state index in [1.807, 2.05) is 0 Å². The number of hydrogen-bond donors (Lipinski definition) is 0. The molecule has 0 heterocycles. The molecule has 0 bridgehead atoms. The van der Waals surface area contributed by atoms with Crippen molar-refractivity contribution in [3.8, 4) is 0 Å². The van der Waals surface area contributed by atoms with Gasteiger partial charge in [-0.05, 0) is 49.4 Å². The third-order valence-electron chi connectivity index (χ3n) is 5.71. The van der Waals surface area contributed by atoms with E-state index in [4.69, 9.17) is 9.47 Å². The predicted octanol–water partition coefficient (Wildman–Crippen LogP) is 16.9. The molecule has 2 heteroatoms. The summed E-state index contributed by atoms with van der Waals surface area (Å²) in [7, 11) is 3.46. The zero-order valence-corrected chi connectivity index (χ0v) is 28.4. The summed E-state index contributed by atoms with van der Waals surface area (Å²) in [4.78, 5) is 0. The molecule has 0 N–H and O–H groups in total. The maximum atomic E-state index is 4.90. The van der Waals surface area contributed by atoms with Gasteiger partial charge in [-0.2, -0.15) is 0 Å². The van der Waals surface area contributed by atoms with Crippen molar-refractivity contribution in [2.45, 2.75) is 235 Å². The second kappa shape index (κ2) is 64.0. The highest BCUT2D eigenvalue weighted by molar-refractivity contribution is 4.55. The van der Waals surface area contributed by atoms with Gasteiger partial charge in [0.05, 0.1) is 12.2 Å². The van der Waals surface area contributed by atoms with E-state index in [9.17, 15) is 0 Å². The molecule has 2 atom stereocenters. The number of rotatable bonds is 6. The fourth-order valence-electron chi connectivity index (χ4n) is 0.333. The van der Waals surface area contributed by atoms with Crippen LogP contribution in [0.1, 0.15) is 223 Å². The Kier molecular flexibility index (Phi) is 137. The van der Waals surface area contributed by atoms with E-state index >= 15 is 0 Å². The van der Waals surface area contributed by atoms with Gasteiger partial charge in [-0.1, -0.05) is 196 Å². The molecule has 0 aliphatic rings. The van der Waals surface area contributed by atoms with Gasteiger partial charge < -0.3 is 9.47 Å². The van der Waals surface area contributed by atoms with Crippen LogP contribution in [0.15, 0.2) is 0 Å². The summed E-state index contributed by atoms with van der Waals surface area (Å²) in [6.07, 6.45) is 8.24. The molecule has 2 unspecified atom stereocenters. The van der Waals surface area contributed by atoms with Gasteiger partial charge in [0.2, 0.25) is 0 Å². The highest BCUT2D eigenvalue weighted by atomic mass is 16.5. The van der Waals surface area contributed by atoms with Gasteiger partial charge >= 0.3 is 0 Å². The Balaban J connectivity index is -0.0000000180. The molecule has 0 aliphatic heterocycles. The van der Waals surface area contributed by atoms with Crippen LogP contribution in [0.2, 0.25) is 0 Å². The van der Waals surface area contributed by atoms with Crippen LogP contribution in [0.3, 0.4) is 0 Å². The zero-order valence-electron chi connectivity index (χ0n) is 28.4. The van der Waals surface area contributed by atoms with Crippen LogP contribution in [0, 0.1) is 22.7 Å². The van der Waals surface area contributed by atoms with Gasteiger partial charge in [0.1, 0.15) is 0 Å². The number of ether oxygens (including phenoxy) is 2. The molecule has 0 saturated heterocycles. The van der Waals surface area contributed by atoms with E-state index in [1.54, 1.807) is 14.2 Å². The summed E-state index contributed by atoms with van der Waals surface area (Å²) in [5.41, 5.74) is 1.08. The monoisotopic (exact) mass is 621 g/mol. The normalized spacial score (nSPS) is 9.86. The fraction of sp³-hybridized carbons (Fsp3) is 1.00. The van der Waals surface area contributed by atoms with E-state index in [0.717, 1.165) is 24.7 Å². The maximum absolute atomic E-state index is 4.90. The molecule has 280 valence electrons. The quantitative estimate of drug-likeness (QED) is 0.294. The first kappa shape index (κ1) is 90.0. The Labute approximate surface area is 280 Å². The Morgan fingerprint density at radius 3 is 0.500 bits per heavy atom. The zero-order chi connectivity index (χ0) is 29.0. The number of hydrogen-bond acceptors (Lipinski definition) is 2. The molecular weight excluding hydrogens is 512 g/mol. The minimum absolute atomic E-state index is 0. The van der Waals surface area contributed by atoms with Crippen LogP contribution in [-0.4, -0.2) is 26.4 Å². The summed E-state index contributed by atoms with van der Waals surface area (Å²) in [6, 6.07) is 0. The largest absolute Gasteiger partial charge is 0.382 e. The Morgan fingerprint density at radius 1 is 0.381 bits per heavy atom. The topological polar surface area (TPSA) is 18.5 Å². The molecule has 2 nitrogen and oxygen atoms in total. The van der Waals surface area contributed by atoms with E-state index < -0.39 is 0 Å². The molecule has 0 radical (unpaired) electrons. The van der Waals surface area contributed by atoms with E-state index in [-0.39, 0.29) is 59.4 Å². The smallest absolute Gasteiger partial charge is 0.0540 e. The van der Waals surface area contributed by atoms with Gasteiger partial charge in [0, 0.05) is 14.2 Å². The van der Waals surface area contributed by atoms with Gasteiger partial charge in [-0.25, -0.2) is 0 Å². The van der Waals surface area contributed by atoms with E-state index in [1.165, 1.54) is 25.7 Å². The van der Waals surface area contributed by atoms with E-state index in [2.05, 4.69) is 125 Å². The van der Waals surface area contributed by atoms with Crippen LogP contribution in [0.25, 0.3) is 0 Å². The molecule has 0 saturated carbocycles. The second-order valence-corrected chi connectivity index (χ2v) is 12.3. The lowest BCUT2D eigenvalue weighted by molar-refractivity contribution is 0.115. The van der Waals surface area contributed by atoms with Crippen molar-refractivity contribution in [2.75, 3.05) is 14.2 Å². The van der Waals surface area contributed by atoms with Crippen molar-refractivity contribution in [1.29, 1.82) is 0 Å². The molecule has 0 aliphatic carbocycles. The molecule has 0 aromatic heterocycles. The van der Waals surface area contributed by atoms with Gasteiger partial charge in [0.15, 0.2) is 0 Å². The lowest BCUT2D eigenvalue weighted by Crippen LogP contribution is -2.00. The van der Waals surface area contributed by atoms with E-state index in [0.29, 0.717) is 23.0 Å². The first-order valence-electron chi connectivity index (χ1n) is 14.3. The molecule has 0 fully saturated rings.